The zero-order chi connectivity index (χ0) is 12.1. The van der Waals surface area contributed by atoms with E-state index in [9.17, 15) is 13.6 Å². The summed E-state index contributed by atoms with van der Waals surface area (Å²) < 4.78 is 35.3. The summed E-state index contributed by atoms with van der Waals surface area (Å²) in [7, 11) is 2.38. The molecular formula is C11H10F2O3. The fourth-order valence-electron chi connectivity index (χ4n) is 1.10. The van der Waals surface area contributed by atoms with Crippen LogP contribution < -0.4 is 4.74 Å². The van der Waals surface area contributed by atoms with Crippen LogP contribution in [0.2, 0.25) is 0 Å². The van der Waals surface area contributed by atoms with Crippen molar-refractivity contribution >= 4 is 12.0 Å². The molecule has 1 aromatic rings. The van der Waals surface area contributed by atoms with E-state index in [0.29, 0.717) is 0 Å². The van der Waals surface area contributed by atoms with Crippen LogP contribution in [0.3, 0.4) is 0 Å². The van der Waals surface area contributed by atoms with Gasteiger partial charge in [0.1, 0.15) is 0 Å². The average Bonchev–Trinajstić information content (AvgIpc) is 2.25. The van der Waals surface area contributed by atoms with E-state index in [4.69, 9.17) is 0 Å². The third-order valence-electron chi connectivity index (χ3n) is 1.84. The Morgan fingerprint density at radius 3 is 2.25 bits per heavy atom. The van der Waals surface area contributed by atoms with E-state index < -0.39 is 23.4 Å². The van der Waals surface area contributed by atoms with E-state index in [1.165, 1.54) is 20.3 Å². The van der Waals surface area contributed by atoms with Gasteiger partial charge in [0, 0.05) is 6.08 Å². The monoisotopic (exact) mass is 228 g/mol. The van der Waals surface area contributed by atoms with Crippen LogP contribution in [0.25, 0.3) is 6.08 Å². The molecule has 1 rings (SSSR count). The van der Waals surface area contributed by atoms with Crippen LogP contribution in [-0.4, -0.2) is 20.2 Å². The van der Waals surface area contributed by atoms with Gasteiger partial charge in [-0.15, -0.1) is 0 Å². The van der Waals surface area contributed by atoms with Crippen molar-refractivity contribution in [1.29, 1.82) is 0 Å². The summed E-state index contributed by atoms with van der Waals surface area (Å²) in [5.41, 5.74) is 0.209. The van der Waals surface area contributed by atoms with Gasteiger partial charge >= 0.3 is 5.97 Å². The number of carbonyl (C=O) groups is 1. The number of hydrogen-bond donors (Lipinski definition) is 0. The first-order chi connectivity index (χ1) is 7.58. The second-order valence-electron chi connectivity index (χ2n) is 2.87. The summed E-state index contributed by atoms with van der Waals surface area (Å²) in [4.78, 5) is 10.8. The standard InChI is InChI=1S/C11H10F2O3/c1-15-10(14)4-3-7-5-8(12)11(16-2)9(13)6-7/h3-6H,1-2H3. The Hall–Kier alpha value is -1.91. The number of esters is 1. The van der Waals surface area contributed by atoms with Crippen LogP contribution in [0.4, 0.5) is 8.78 Å². The molecule has 16 heavy (non-hydrogen) atoms. The fourth-order valence-corrected chi connectivity index (χ4v) is 1.10. The third-order valence-corrected chi connectivity index (χ3v) is 1.84. The van der Waals surface area contributed by atoms with Gasteiger partial charge in [0.15, 0.2) is 17.4 Å². The van der Waals surface area contributed by atoms with Crippen molar-refractivity contribution in [1.82, 2.24) is 0 Å². The maximum Gasteiger partial charge on any atom is 0.330 e. The lowest BCUT2D eigenvalue weighted by atomic mass is 10.2. The first-order valence-corrected chi connectivity index (χ1v) is 4.37. The molecule has 0 radical (unpaired) electrons. The molecule has 0 N–H and O–H groups in total. The highest BCUT2D eigenvalue weighted by atomic mass is 19.1. The van der Waals surface area contributed by atoms with Crippen molar-refractivity contribution in [2.45, 2.75) is 0 Å². The molecule has 3 nitrogen and oxygen atoms in total. The predicted molar refractivity (Wildman–Crippen MR) is 54.0 cm³/mol. The lowest BCUT2D eigenvalue weighted by molar-refractivity contribution is -0.134. The van der Waals surface area contributed by atoms with Crippen molar-refractivity contribution in [3.63, 3.8) is 0 Å². The number of rotatable bonds is 3. The lowest BCUT2D eigenvalue weighted by Crippen LogP contribution is -1.95. The number of carbonyl (C=O) groups excluding carboxylic acids is 1. The predicted octanol–water partition coefficient (Wildman–Crippen LogP) is 2.16. The van der Waals surface area contributed by atoms with Crippen molar-refractivity contribution in [3.05, 3.63) is 35.4 Å². The van der Waals surface area contributed by atoms with Gasteiger partial charge < -0.3 is 9.47 Å². The third kappa shape index (κ3) is 2.79. The smallest absolute Gasteiger partial charge is 0.330 e. The van der Waals surface area contributed by atoms with Gasteiger partial charge in [-0.2, -0.15) is 0 Å². The molecular weight excluding hydrogens is 218 g/mol. The topological polar surface area (TPSA) is 35.5 Å². The van der Waals surface area contributed by atoms with Crippen molar-refractivity contribution in [2.75, 3.05) is 14.2 Å². The van der Waals surface area contributed by atoms with Gasteiger partial charge in [-0.1, -0.05) is 0 Å². The lowest BCUT2D eigenvalue weighted by Gasteiger charge is -2.04. The molecule has 0 aromatic heterocycles. The molecule has 1 aromatic carbocycles. The Kier molecular flexibility index (Phi) is 3.99. The zero-order valence-electron chi connectivity index (χ0n) is 8.79. The maximum atomic E-state index is 13.2. The van der Waals surface area contributed by atoms with E-state index in [1.54, 1.807) is 0 Å². The molecule has 5 heteroatoms. The largest absolute Gasteiger partial charge is 0.491 e. The fraction of sp³-hybridized carbons (Fsp3) is 0.182. The van der Waals surface area contributed by atoms with Gasteiger partial charge in [0.2, 0.25) is 0 Å². The minimum atomic E-state index is -0.827. The summed E-state index contributed by atoms with van der Waals surface area (Å²) in [6.45, 7) is 0. The Balaban J connectivity index is 3.00. The Morgan fingerprint density at radius 2 is 1.81 bits per heavy atom. The van der Waals surface area contributed by atoms with Crippen molar-refractivity contribution < 1.29 is 23.0 Å². The minimum absolute atomic E-state index is 0.209. The Labute approximate surface area is 91.3 Å². The first kappa shape index (κ1) is 12.2. The highest BCUT2D eigenvalue weighted by Crippen LogP contribution is 2.23. The minimum Gasteiger partial charge on any atom is -0.491 e. The summed E-state index contributed by atoms with van der Waals surface area (Å²) in [6, 6.07) is 2.11. The van der Waals surface area contributed by atoms with Crippen LogP contribution in [0.1, 0.15) is 5.56 Å². The molecule has 0 heterocycles. The highest BCUT2D eigenvalue weighted by molar-refractivity contribution is 5.86. The molecule has 86 valence electrons. The van der Waals surface area contributed by atoms with Crippen LogP contribution in [0, 0.1) is 11.6 Å². The molecule has 0 aliphatic carbocycles. The summed E-state index contributed by atoms with van der Waals surface area (Å²) in [5.74, 6) is -2.70. The zero-order valence-corrected chi connectivity index (χ0v) is 8.79. The van der Waals surface area contributed by atoms with E-state index >= 15 is 0 Å². The second-order valence-corrected chi connectivity index (χ2v) is 2.87. The van der Waals surface area contributed by atoms with Gasteiger partial charge in [0.05, 0.1) is 14.2 Å². The molecule has 0 fully saturated rings. The number of ether oxygens (including phenoxy) is 2. The van der Waals surface area contributed by atoms with Crippen LogP contribution >= 0.6 is 0 Å². The van der Waals surface area contributed by atoms with Gasteiger partial charge in [0.25, 0.3) is 0 Å². The van der Waals surface area contributed by atoms with E-state index in [1.807, 2.05) is 0 Å². The molecule has 0 aliphatic heterocycles. The first-order valence-electron chi connectivity index (χ1n) is 4.37. The summed E-state index contributed by atoms with van der Waals surface area (Å²) in [5, 5.41) is 0. The number of halogens is 2. The maximum absolute atomic E-state index is 13.2. The molecule has 0 atom stereocenters. The summed E-state index contributed by atoms with van der Waals surface area (Å²) >= 11 is 0. The van der Waals surface area contributed by atoms with E-state index in [2.05, 4.69) is 9.47 Å². The molecule has 0 bridgehead atoms. The van der Waals surface area contributed by atoms with E-state index in [-0.39, 0.29) is 5.56 Å². The molecule has 0 amide bonds. The van der Waals surface area contributed by atoms with Gasteiger partial charge in [-0.05, 0) is 23.8 Å². The molecule has 0 saturated carbocycles. The van der Waals surface area contributed by atoms with Crippen LogP contribution in [0.15, 0.2) is 18.2 Å². The van der Waals surface area contributed by atoms with Crippen LogP contribution in [-0.2, 0) is 9.53 Å². The second kappa shape index (κ2) is 5.25. The number of methoxy groups -OCH3 is 2. The molecule has 0 unspecified atom stereocenters. The molecule has 0 aliphatic rings. The number of hydrogen-bond acceptors (Lipinski definition) is 3. The normalized spacial score (nSPS) is 10.5. The number of benzene rings is 1. The van der Waals surface area contributed by atoms with Crippen molar-refractivity contribution in [3.8, 4) is 5.75 Å². The van der Waals surface area contributed by atoms with Crippen molar-refractivity contribution in [2.24, 2.45) is 0 Å². The van der Waals surface area contributed by atoms with Gasteiger partial charge in [-0.3, -0.25) is 0 Å². The van der Waals surface area contributed by atoms with Gasteiger partial charge in [-0.25, -0.2) is 13.6 Å². The van der Waals surface area contributed by atoms with Crippen LogP contribution in [0.5, 0.6) is 5.75 Å². The summed E-state index contributed by atoms with van der Waals surface area (Å²) in [6.07, 6.45) is 2.32. The Bertz CT molecular complexity index is 404. The quantitative estimate of drug-likeness (QED) is 0.587. The molecule has 0 saturated heterocycles. The molecule has 0 spiro atoms. The van der Waals surface area contributed by atoms with E-state index in [0.717, 1.165) is 18.2 Å². The SMILES string of the molecule is COC(=O)C=Cc1cc(F)c(OC)c(F)c1. The average molecular weight is 228 g/mol. The highest BCUT2D eigenvalue weighted by Gasteiger charge is 2.10. The Morgan fingerprint density at radius 1 is 1.25 bits per heavy atom.